The molecule has 0 aliphatic heterocycles. The number of Topliss-reactive ketones (excluding diaryl/α,β-unsaturated/α-hetero) is 1. The highest BCUT2D eigenvalue weighted by Gasteiger charge is 2.25. The number of fused-ring (bicyclic) bond motifs is 1. The first-order chi connectivity index (χ1) is 9.75. The molecule has 4 heteroatoms. The number of carbonyl (C=O) groups excluding carboxylic acids is 2. The van der Waals surface area contributed by atoms with E-state index in [-0.39, 0.29) is 18.1 Å². The van der Waals surface area contributed by atoms with Gasteiger partial charge in [0, 0.05) is 16.7 Å². The minimum absolute atomic E-state index is 0.0355. The van der Waals surface area contributed by atoms with E-state index in [0.29, 0.717) is 16.8 Å². The summed E-state index contributed by atoms with van der Waals surface area (Å²) in [5.41, 5.74) is 5.11. The quantitative estimate of drug-likeness (QED) is 0.847. The SMILES string of the molecule is O=C(NN=C1CC(=O)c2ccccc21)c1ccccc1. The second-order valence-corrected chi connectivity index (χ2v) is 4.51. The molecule has 2 aromatic rings. The zero-order chi connectivity index (χ0) is 13.9. The zero-order valence-electron chi connectivity index (χ0n) is 10.7. The third kappa shape index (κ3) is 2.23. The van der Waals surface area contributed by atoms with Gasteiger partial charge >= 0.3 is 0 Å². The van der Waals surface area contributed by atoms with Gasteiger partial charge in [0.2, 0.25) is 0 Å². The van der Waals surface area contributed by atoms with Crippen LogP contribution in [0.5, 0.6) is 0 Å². The lowest BCUT2D eigenvalue weighted by molar-refractivity contribution is 0.0952. The number of hydrogen-bond donors (Lipinski definition) is 1. The predicted octanol–water partition coefficient (Wildman–Crippen LogP) is 2.41. The molecule has 0 spiro atoms. The number of rotatable bonds is 2. The number of benzene rings is 2. The Hall–Kier alpha value is -2.75. The van der Waals surface area contributed by atoms with Crippen molar-refractivity contribution in [1.82, 2.24) is 5.43 Å². The standard InChI is InChI=1S/C16H12N2O2/c19-15-10-14(12-8-4-5-9-13(12)15)17-18-16(20)11-6-2-1-3-7-11/h1-9H,10H2,(H,18,20). The molecule has 0 radical (unpaired) electrons. The van der Waals surface area contributed by atoms with Crippen LogP contribution in [0.1, 0.15) is 32.7 Å². The third-order valence-electron chi connectivity index (χ3n) is 3.19. The highest BCUT2D eigenvalue weighted by molar-refractivity contribution is 6.26. The molecule has 0 atom stereocenters. The van der Waals surface area contributed by atoms with E-state index in [1.807, 2.05) is 24.3 Å². The van der Waals surface area contributed by atoms with Gasteiger partial charge in [0.15, 0.2) is 5.78 Å². The van der Waals surface area contributed by atoms with Crippen LogP contribution in [-0.2, 0) is 0 Å². The molecule has 0 unspecified atom stereocenters. The Morgan fingerprint density at radius 2 is 1.60 bits per heavy atom. The van der Waals surface area contributed by atoms with Crippen molar-refractivity contribution >= 4 is 17.4 Å². The van der Waals surface area contributed by atoms with Crippen LogP contribution in [0.4, 0.5) is 0 Å². The number of amides is 1. The van der Waals surface area contributed by atoms with Crippen molar-refractivity contribution in [3.63, 3.8) is 0 Å². The maximum atomic E-state index is 11.9. The number of ketones is 1. The first-order valence-electron chi connectivity index (χ1n) is 6.30. The van der Waals surface area contributed by atoms with Gasteiger partial charge in [-0.25, -0.2) is 5.43 Å². The first kappa shape index (κ1) is 12.3. The predicted molar refractivity (Wildman–Crippen MR) is 75.8 cm³/mol. The normalized spacial score (nSPS) is 15.2. The van der Waals surface area contributed by atoms with Crippen molar-refractivity contribution in [1.29, 1.82) is 0 Å². The summed E-state index contributed by atoms with van der Waals surface area (Å²) in [6, 6.07) is 16.1. The highest BCUT2D eigenvalue weighted by atomic mass is 16.2. The van der Waals surface area contributed by atoms with Gasteiger partial charge in [-0.2, -0.15) is 5.10 Å². The summed E-state index contributed by atoms with van der Waals surface area (Å²) in [4.78, 5) is 23.7. The van der Waals surface area contributed by atoms with Crippen LogP contribution in [0.25, 0.3) is 0 Å². The second-order valence-electron chi connectivity index (χ2n) is 4.51. The molecule has 0 bridgehead atoms. The maximum absolute atomic E-state index is 11.9. The molecule has 2 aromatic carbocycles. The molecular formula is C16H12N2O2. The molecule has 0 aromatic heterocycles. The monoisotopic (exact) mass is 264 g/mol. The van der Waals surface area contributed by atoms with Crippen molar-refractivity contribution in [3.8, 4) is 0 Å². The Bertz CT molecular complexity index is 705. The summed E-state index contributed by atoms with van der Waals surface area (Å²) < 4.78 is 0. The summed E-state index contributed by atoms with van der Waals surface area (Å²) >= 11 is 0. The lowest BCUT2D eigenvalue weighted by Gasteiger charge is -2.01. The van der Waals surface area contributed by atoms with Crippen LogP contribution in [0.15, 0.2) is 59.7 Å². The Morgan fingerprint density at radius 3 is 2.35 bits per heavy atom. The molecule has 1 aliphatic carbocycles. The van der Waals surface area contributed by atoms with Crippen LogP contribution in [0.3, 0.4) is 0 Å². The van der Waals surface area contributed by atoms with Crippen molar-refractivity contribution in [2.24, 2.45) is 5.10 Å². The molecule has 3 rings (SSSR count). The number of nitrogens with one attached hydrogen (secondary N) is 1. The fourth-order valence-electron chi connectivity index (χ4n) is 2.19. The van der Waals surface area contributed by atoms with Crippen LogP contribution in [0, 0.1) is 0 Å². The average molecular weight is 264 g/mol. The maximum Gasteiger partial charge on any atom is 0.271 e. The summed E-state index contributed by atoms with van der Waals surface area (Å²) in [5, 5.41) is 4.09. The van der Waals surface area contributed by atoms with E-state index < -0.39 is 0 Å². The van der Waals surface area contributed by atoms with Crippen LogP contribution in [0.2, 0.25) is 0 Å². The Morgan fingerprint density at radius 1 is 0.950 bits per heavy atom. The van der Waals surface area contributed by atoms with Gasteiger partial charge in [0.05, 0.1) is 12.1 Å². The van der Waals surface area contributed by atoms with Crippen LogP contribution < -0.4 is 5.43 Å². The smallest absolute Gasteiger partial charge is 0.271 e. The molecule has 4 nitrogen and oxygen atoms in total. The van der Waals surface area contributed by atoms with E-state index in [2.05, 4.69) is 10.5 Å². The van der Waals surface area contributed by atoms with Gasteiger partial charge in [-0.1, -0.05) is 42.5 Å². The van der Waals surface area contributed by atoms with Gasteiger partial charge < -0.3 is 0 Å². The Kier molecular flexibility index (Phi) is 3.13. The van der Waals surface area contributed by atoms with Gasteiger partial charge in [-0.15, -0.1) is 0 Å². The topological polar surface area (TPSA) is 58.5 Å². The first-order valence-corrected chi connectivity index (χ1v) is 6.30. The van der Waals surface area contributed by atoms with Crippen LogP contribution in [-0.4, -0.2) is 17.4 Å². The molecule has 20 heavy (non-hydrogen) atoms. The number of hydrazone groups is 1. The number of nitrogens with zero attached hydrogens (tertiary/aromatic N) is 1. The summed E-state index contributed by atoms with van der Waals surface area (Å²) in [7, 11) is 0. The molecular weight excluding hydrogens is 252 g/mol. The lowest BCUT2D eigenvalue weighted by atomic mass is 10.1. The van der Waals surface area contributed by atoms with E-state index in [1.165, 1.54) is 0 Å². The number of hydrogen-bond acceptors (Lipinski definition) is 3. The molecule has 0 saturated carbocycles. The van der Waals surface area contributed by atoms with E-state index >= 15 is 0 Å². The molecule has 1 amide bonds. The average Bonchev–Trinajstić information content (AvgIpc) is 2.83. The van der Waals surface area contributed by atoms with E-state index in [0.717, 1.165) is 5.56 Å². The minimum atomic E-state index is -0.282. The van der Waals surface area contributed by atoms with Crippen molar-refractivity contribution in [3.05, 3.63) is 71.3 Å². The number of carbonyl (C=O) groups is 2. The molecule has 0 saturated heterocycles. The largest absolute Gasteiger partial charge is 0.294 e. The van der Waals surface area contributed by atoms with Gasteiger partial charge in [0.25, 0.3) is 5.91 Å². The highest BCUT2D eigenvalue weighted by Crippen LogP contribution is 2.21. The summed E-state index contributed by atoms with van der Waals surface area (Å²) in [6.07, 6.45) is 0.231. The van der Waals surface area contributed by atoms with Gasteiger partial charge in [-0.05, 0) is 12.1 Å². The zero-order valence-corrected chi connectivity index (χ0v) is 10.7. The molecule has 1 aliphatic rings. The summed E-state index contributed by atoms with van der Waals surface area (Å²) in [6.45, 7) is 0. The van der Waals surface area contributed by atoms with E-state index in [9.17, 15) is 9.59 Å². The lowest BCUT2D eigenvalue weighted by Crippen LogP contribution is -2.19. The van der Waals surface area contributed by atoms with Gasteiger partial charge in [-0.3, -0.25) is 9.59 Å². The summed E-state index contributed by atoms with van der Waals surface area (Å²) in [5.74, 6) is -0.247. The van der Waals surface area contributed by atoms with E-state index in [4.69, 9.17) is 0 Å². The van der Waals surface area contributed by atoms with Crippen molar-refractivity contribution in [2.45, 2.75) is 6.42 Å². The molecule has 0 fully saturated rings. The fraction of sp³-hybridized carbons (Fsp3) is 0.0625. The fourth-order valence-corrected chi connectivity index (χ4v) is 2.19. The van der Waals surface area contributed by atoms with Crippen molar-refractivity contribution < 1.29 is 9.59 Å². The van der Waals surface area contributed by atoms with E-state index in [1.54, 1.807) is 30.3 Å². The Balaban J connectivity index is 1.82. The second kappa shape index (κ2) is 5.09. The third-order valence-corrected chi connectivity index (χ3v) is 3.19. The Labute approximate surface area is 116 Å². The molecule has 0 heterocycles. The minimum Gasteiger partial charge on any atom is -0.294 e. The van der Waals surface area contributed by atoms with Crippen molar-refractivity contribution in [2.75, 3.05) is 0 Å². The van der Waals surface area contributed by atoms with Gasteiger partial charge in [0.1, 0.15) is 0 Å². The molecule has 98 valence electrons. The molecule has 1 N–H and O–H groups in total. The van der Waals surface area contributed by atoms with Crippen LogP contribution >= 0.6 is 0 Å².